The Kier molecular flexibility index (Phi) is 2.86. The molecule has 0 spiro atoms. The first-order valence-electron chi connectivity index (χ1n) is 8.09. The fourth-order valence-electron chi connectivity index (χ4n) is 6.14. The fraction of sp³-hybridized carbons (Fsp3) is 1.00. The second kappa shape index (κ2) is 3.98. The van der Waals surface area contributed by atoms with Crippen molar-refractivity contribution in [2.75, 3.05) is 6.61 Å². The molecule has 1 nitrogen and oxygen atoms in total. The molecule has 2 saturated carbocycles. The van der Waals surface area contributed by atoms with Crippen LogP contribution in [0.15, 0.2) is 0 Å². The van der Waals surface area contributed by atoms with Crippen molar-refractivity contribution in [2.45, 2.75) is 78.2 Å². The maximum atomic E-state index is 6.28. The second-order valence-electron chi connectivity index (χ2n) is 8.05. The van der Waals surface area contributed by atoms with E-state index < -0.39 is 0 Å². The molecule has 18 heavy (non-hydrogen) atoms. The molecule has 1 saturated heterocycles. The highest BCUT2D eigenvalue weighted by atomic mass is 16.5. The maximum Gasteiger partial charge on any atom is 0.0714 e. The highest BCUT2D eigenvalue weighted by Gasteiger charge is 2.61. The first kappa shape index (κ1) is 13.0. The molecule has 104 valence electrons. The molecule has 3 aliphatic rings. The van der Waals surface area contributed by atoms with E-state index in [4.69, 9.17) is 4.74 Å². The summed E-state index contributed by atoms with van der Waals surface area (Å²) in [5.41, 5.74) is 1.35. The average molecular weight is 250 g/mol. The smallest absolute Gasteiger partial charge is 0.0714 e. The Balaban J connectivity index is 1.98. The predicted molar refractivity (Wildman–Crippen MR) is 75.5 cm³/mol. The van der Waals surface area contributed by atoms with E-state index in [0.29, 0.717) is 10.8 Å². The summed E-state index contributed by atoms with van der Waals surface area (Å²) in [4.78, 5) is 0. The van der Waals surface area contributed by atoms with E-state index >= 15 is 0 Å². The molecule has 0 aromatic heterocycles. The van der Waals surface area contributed by atoms with Crippen molar-refractivity contribution < 1.29 is 4.74 Å². The lowest BCUT2D eigenvalue weighted by atomic mass is 9.45. The molecule has 0 radical (unpaired) electrons. The number of fused-ring (bicyclic) bond motifs is 3. The van der Waals surface area contributed by atoms with Crippen molar-refractivity contribution in [3.05, 3.63) is 0 Å². The monoisotopic (exact) mass is 250 g/mol. The Morgan fingerprint density at radius 2 is 1.78 bits per heavy atom. The summed E-state index contributed by atoms with van der Waals surface area (Å²) in [6, 6.07) is 0. The van der Waals surface area contributed by atoms with E-state index in [0.717, 1.165) is 18.4 Å². The van der Waals surface area contributed by atoms with Crippen molar-refractivity contribution in [3.8, 4) is 0 Å². The summed E-state index contributed by atoms with van der Waals surface area (Å²) < 4.78 is 6.28. The average Bonchev–Trinajstić information content (AvgIpc) is 2.73. The molecular formula is C17H30O. The maximum absolute atomic E-state index is 6.28. The number of rotatable bonds is 1. The van der Waals surface area contributed by atoms with Crippen LogP contribution in [-0.2, 0) is 4.74 Å². The standard InChI is InChI=1S/C17H30O/c1-5-17-11-7-13-15(2,3)9-6-10-16(13,4)14(17)8-12-18-17/h13-14H,5-12H2,1-4H3/t13-,14-,16-,17-/m0/s1. The van der Waals surface area contributed by atoms with Crippen LogP contribution in [0.1, 0.15) is 72.6 Å². The molecule has 0 bridgehead atoms. The summed E-state index contributed by atoms with van der Waals surface area (Å²) in [5.74, 6) is 1.75. The van der Waals surface area contributed by atoms with Crippen molar-refractivity contribution in [3.63, 3.8) is 0 Å². The van der Waals surface area contributed by atoms with Crippen LogP contribution in [0.3, 0.4) is 0 Å². The molecule has 0 aromatic rings. The Morgan fingerprint density at radius 1 is 1.00 bits per heavy atom. The summed E-state index contributed by atoms with van der Waals surface area (Å²) in [7, 11) is 0. The third kappa shape index (κ3) is 1.55. The van der Waals surface area contributed by atoms with Gasteiger partial charge in [0, 0.05) is 6.61 Å². The molecule has 0 aromatic carbocycles. The van der Waals surface area contributed by atoms with E-state index in [2.05, 4.69) is 27.7 Å². The molecule has 3 fully saturated rings. The van der Waals surface area contributed by atoms with Gasteiger partial charge in [-0.2, -0.15) is 0 Å². The van der Waals surface area contributed by atoms with Gasteiger partial charge in [0.2, 0.25) is 0 Å². The quantitative estimate of drug-likeness (QED) is 0.649. The second-order valence-corrected chi connectivity index (χ2v) is 8.05. The van der Waals surface area contributed by atoms with Crippen molar-refractivity contribution in [1.82, 2.24) is 0 Å². The zero-order valence-electron chi connectivity index (χ0n) is 12.7. The van der Waals surface area contributed by atoms with E-state index in [1.54, 1.807) is 0 Å². The number of hydrogen-bond acceptors (Lipinski definition) is 1. The van der Waals surface area contributed by atoms with Gasteiger partial charge in [0.1, 0.15) is 0 Å². The third-order valence-corrected chi connectivity index (χ3v) is 6.96. The van der Waals surface area contributed by atoms with E-state index in [9.17, 15) is 0 Å². The van der Waals surface area contributed by atoms with Crippen LogP contribution < -0.4 is 0 Å². The third-order valence-electron chi connectivity index (χ3n) is 6.96. The van der Waals surface area contributed by atoms with Gasteiger partial charge in [-0.25, -0.2) is 0 Å². The Bertz CT molecular complexity index is 335. The van der Waals surface area contributed by atoms with E-state index in [-0.39, 0.29) is 5.60 Å². The SMILES string of the molecule is CC[C@]12CC[C@H]3C(C)(C)CCC[C@]3(C)[C@@H]1CCO2. The van der Waals surface area contributed by atoms with Crippen LogP contribution in [0.25, 0.3) is 0 Å². The minimum atomic E-state index is 0.249. The topological polar surface area (TPSA) is 9.23 Å². The van der Waals surface area contributed by atoms with Gasteiger partial charge in [-0.15, -0.1) is 0 Å². The zero-order valence-corrected chi connectivity index (χ0v) is 12.7. The lowest BCUT2D eigenvalue weighted by Gasteiger charge is -2.60. The molecule has 4 atom stereocenters. The molecule has 0 amide bonds. The van der Waals surface area contributed by atoms with Crippen molar-refractivity contribution in [1.29, 1.82) is 0 Å². The van der Waals surface area contributed by atoms with Gasteiger partial charge >= 0.3 is 0 Å². The summed E-state index contributed by atoms with van der Waals surface area (Å²) in [6.07, 6.45) is 9.55. The van der Waals surface area contributed by atoms with Crippen molar-refractivity contribution >= 4 is 0 Å². The normalized spacial score (nSPS) is 50.7. The number of ether oxygens (including phenoxy) is 1. The Hall–Kier alpha value is -0.0400. The van der Waals surface area contributed by atoms with Gasteiger partial charge in [0.05, 0.1) is 5.60 Å². The lowest BCUT2D eigenvalue weighted by Crippen LogP contribution is -2.56. The highest BCUT2D eigenvalue weighted by Crippen LogP contribution is 2.65. The molecular weight excluding hydrogens is 220 g/mol. The van der Waals surface area contributed by atoms with Gasteiger partial charge in [0.25, 0.3) is 0 Å². The molecule has 1 heterocycles. The van der Waals surface area contributed by atoms with Crippen LogP contribution in [0.2, 0.25) is 0 Å². The van der Waals surface area contributed by atoms with Gasteiger partial charge in [0.15, 0.2) is 0 Å². The van der Waals surface area contributed by atoms with Crippen LogP contribution in [0.5, 0.6) is 0 Å². The molecule has 0 unspecified atom stereocenters. The highest BCUT2D eigenvalue weighted by molar-refractivity contribution is 5.10. The Morgan fingerprint density at radius 3 is 2.50 bits per heavy atom. The summed E-state index contributed by atoms with van der Waals surface area (Å²) in [6.45, 7) is 11.0. The zero-order chi connectivity index (χ0) is 13.0. The van der Waals surface area contributed by atoms with Gasteiger partial charge < -0.3 is 4.74 Å². The number of hydrogen-bond donors (Lipinski definition) is 0. The first-order chi connectivity index (χ1) is 8.45. The fourth-order valence-corrected chi connectivity index (χ4v) is 6.14. The molecule has 1 heteroatoms. The van der Waals surface area contributed by atoms with Gasteiger partial charge in [-0.1, -0.05) is 34.1 Å². The van der Waals surface area contributed by atoms with Crippen LogP contribution in [-0.4, -0.2) is 12.2 Å². The van der Waals surface area contributed by atoms with Crippen molar-refractivity contribution in [2.24, 2.45) is 22.7 Å². The minimum Gasteiger partial charge on any atom is -0.375 e. The van der Waals surface area contributed by atoms with Crippen LogP contribution in [0, 0.1) is 22.7 Å². The Labute approximate surface area is 113 Å². The molecule has 2 aliphatic carbocycles. The van der Waals surface area contributed by atoms with E-state index in [1.807, 2.05) is 0 Å². The predicted octanol–water partition coefficient (Wildman–Crippen LogP) is 4.80. The largest absolute Gasteiger partial charge is 0.375 e. The van der Waals surface area contributed by atoms with Gasteiger partial charge in [-0.3, -0.25) is 0 Å². The van der Waals surface area contributed by atoms with Gasteiger partial charge in [-0.05, 0) is 61.2 Å². The summed E-state index contributed by atoms with van der Waals surface area (Å²) >= 11 is 0. The van der Waals surface area contributed by atoms with E-state index in [1.165, 1.54) is 44.9 Å². The van der Waals surface area contributed by atoms with Crippen LogP contribution >= 0.6 is 0 Å². The van der Waals surface area contributed by atoms with Crippen LogP contribution in [0.4, 0.5) is 0 Å². The molecule has 3 rings (SSSR count). The lowest BCUT2D eigenvalue weighted by molar-refractivity contribution is -0.156. The summed E-state index contributed by atoms with van der Waals surface area (Å²) in [5, 5.41) is 0. The molecule has 1 aliphatic heterocycles. The molecule has 0 N–H and O–H groups in total. The minimum absolute atomic E-state index is 0.249. The first-order valence-corrected chi connectivity index (χ1v) is 8.09.